The Labute approximate surface area is 54.7 Å². The summed E-state index contributed by atoms with van der Waals surface area (Å²) in [5, 5.41) is 0. The highest BCUT2D eigenvalue weighted by atomic mass is 28.2. The molecule has 0 radical (unpaired) electrons. The summed E-state index contributed by atoms with van der Waals surface area (Å²) in [7, 11) is 0.609. The number of hydrogen-bond donors (Lipinski definition) is 0. The molecule has 0 aromatic rings. The lowest BCUT2D eigenvalue weighted by Gasteiger charge is -1.94. The summed E-state index contributed by atoms with van der Waals surface area (Å²) < 4.78 is 0. The SMILES string of the molecule is CC(C)C=[SiH]C(C)C. The Morgan fingerprint density at radius 3 is 1.75 bits per heavy atom. The monoisotopic (exact) mass is 128 g/mol. The van der Waals surface area contributed by atoms with Gasteiger partial charge in [0.15, 0.2) is 0 Å². The fourth-order valence-corrected chi connectivity index (χ4v) is 1.33. The van der Waals surface area contributed by atoms with E-state index in [0.29, 0.717) is 9.13 Å². The van der Waals surface area contributed by atoms with Crippen LogP contribution in [0.15, 0.2) is 0 Å². The van der Waals surface area contributed by atoms with Crippen LogP contribution in [0.1, 0.15) is 27.7 Å². The smallest absolute Gasteiger partial charge is 0.00891 e. The molecule has 0 spiro atoms. The van der Waals surface area contributed by atoms with E-state index in [0.717, 1.165) is 11.5 Å². The van der Waals surface area contributed by atoms with Gasteiger partial charge in [0, 0.05) is 0 Å². The first-order valence-corrected chi connectivity index (χ1v) is 4.64. The average molecular weight is 128 g/mol. The van der Waals surface area contributed by atoms with Crippen LogP contribution >= 0.6 is 0 Å². The topological polar surface area (TPSA) is 0 Å². The zero-order valence-corrected chi connectivity index (χ0v) is 7.46. The summed E-state index contributed by atoms with van der Waals surface area (Å²) in [4.78, 5) is 0. The fourth-order valence-electron chi connectivity index (χ4n) is 0.444. The normalized spacial score (nSPS) is 12.2. The molecule has 0 aliphatic rings. The summed E-state index contributed by atoms with van der Waals surface area (Å²) >= 11 is 0. The molecular formula is C7H16Si. The van der Waals surface area contributed by atoms with Crippen molar-refractivity contribution in [2.75, 3.05) is 0 Å². The number of rotatable bonds is 2. The van der Waals surface area contributed by atoms with Crippen molar-refractivity contribution >= 4 is 14.8 Å². The van der Waals surface area contributed by atoms with Crippen molar-refractivity contribution in [2.45, 2.75) is 33.2 Å². The van der Waals surface area contributed by atoms with Crippen LogP contribution in [0.25, 0.3) is 0 Å². The molecule has 0 rings (SSSR count). The van der Waals surface area contributed by atoms with Gasteiger partial charge in [0.1, 0.15) is 0 Å². The molecule has 0 nitrogen and oxygen atoms in total. The fraction of sp³-hybridized carbons (Fsp3) is 0.857. The molecular weight excluding hydrogens is 112 g/mol. The standard InChI is InChI=1S/C7H16Si/c1-6(2)5-8-7(3)4/h5-8H,1-4H3. The summed E-state index contributed by atoms with van der Waals surface area (Å²) in [5.74, 6) is 0.799. The predicted molar refractivity (Wildman–Crippen MR) is 43.1 cm³/mol. The second kappa shape index (κ2) is 4.01. The van der Waals surface area contributed by atoms with Crippen molar-refractivity contribution < 1.29 is 0 Å². The van der Waals surface area contributed by atoms with Gasteiger partial charge in [-0.25, -0.2) is 0 Å². The molecule has 0 saturated heterocycles. The van der Waals surface area contributed by atoms with Crippen molar-refractivity contribution in [3.05, 3.63) is 0 Å². The molecule has 0 unspecified atom stereocenters. The second-order valence-electron chi connectivity index (χ2n) is 2.87. The van der Waals surface area contributed by atoms with Crippen LogP contribution in [-0.4, -0.2) is 14.8 Å². The lowest BCUT2D eigenvalue weighted by molar-refractivity contribution is 0.918. The third kappa shape index (κ3) is 6.09. The Bertz CT molecular complexity index is 62.5. The molecule has 0 fully saturated rings. The van der Waals surface area contributed by atoms with Crippen molar-refractivity contribution in [3.63, 3.8) is 0 Å². The van der Waals surface area contributed by atoms with Gasteiger partial charge < -0.3 is 0 Å². The Morgan fingerprint density at radius 2 is 1.62 bits per heavy atom. The molecule has 0 aromatic carbocycles. The van der Waals surface area contributed by atoms with E-state index in [9.17, 15) is 0 Å². The molecule has 0 aliphatic heterocycles. The van der Waals surface area contributed by atoms with Crippen LogP contribution in [0.2, 0.25) is 5.54 Å². The highest BCUT2D eigenvalue weighted by Gasteiger charge is 1.85. The van der Waals surface area contributed by atoms with Crippen LogP contribution in [0.3, 0.4) is 0 Å². The zero-order valence-electron chi connectivity index (χ0n) is 6.31. The third-order valence-corrected chi connectivity index (χ3v) is 2.64. The van der Waals surface area contributed by atoms with Crippen LogP contribution in [0.4, 0.5) is 0 Å². The van der Waals surface area contributed by atoms with Gasteiger partial charge in [0.25, 0.3) is 0 Å². The molecule has 0 aromatic heterocycles. The van der Waals surface area contributed by atoms with Gasteiger partial charge in [0.2, 0.25) is 0 Å². The van der Waals surface area contributed by atoms with Crippen LogP contribution < -0.4 is 0 Å². The molecule has 0 aliphatic carbocycles. The Kier molecular flexibility index (Phi) is 4.06. The quantitative estimate of drug-likeness (QED) is 0.497. The second-order valence-corrected chi connectivity index (χ2v) is 4.98. The minimum absolute atomic E-state index is 0.609. The maximum Gasteiger partial charge on any atom is -0.00891 e. The highest BCUT2D eigenvalue weighted by Crippen LogP contribution is 1.92. The van der Waals surface area contributed by atoms with E-state index in [-0.39, 0.29) is 0 Å². The molecule has 8 heavy (non-hydrogen) atoms. The Hall–Kier alpha value is 0.0869. The summed E-state index contributed by atoms with van der Waals surface area (Å²) in [5.41, 5.74) is 3.36. The summed E-state index contributed by atoms with van der Waals surface area (Å²) in [6.07, 6.45) is 0. The first-order chi connectivity index (χ1) is 3.63. The van der Waals surface area contributed by atoms with Gasteiger partial charge in [-0.3, -0.25) is 0 Å². The van der Waals surface area contributed by atoms with Crippen molar-refractivity contribution in [1.82, 2.24) is 0 Å². The number of hydrogen-bond acceptors (Lipinski definition) is 0. The largest absolute Gasteiger partial charge is 0.104 e. The maximum absolute atomic E-state index is 2.45. The van der Waals surface area contributed by atoms with E-state index in [1.54, 1.807) is 0 Å². The summed E-state index contributed by atoms with van der Waals surface area (Å²) in [6.45, 7) is 9.06. The average Bonchev–Trinajstić information content (AvgIpc) is 1.61. The van der Waals surface area contributed by atoms with Crippen LogP contribution in [0, 0.1) is 5.92 Å². The van der Waals surface area contributed by atoms with Gasteiger partial charge in [-0.1, -0.05) is 27.7 Å². The van der Waals surface area contributed by atoms with Gasteiger partial charge in [-0.2, -0.15) is 0 Å². The van der Waals surface area contributed by atoms with Crippen molar-refractivity contribution in [2.24, 2.45) is 5.92 Å². The van der Waals surface area contributed by atoms with Crippen molar-refractivity contribution in [3.8, 4) is 0 Å². The minimum atomic E-state index is 0.609. The minimum Gasteiger partial charge on any atom is -0.104 e. The van der Waals surface area contributed by atoms with E-state index < -0.39 is 0 Å². The van der Waals surface area contributed by atoms with E-state index in [1.165, 1.54) is 0 Å². The van der Waals surface area contributed by atoms with E-state index >= 15 is 0 Å². The lowest BCUT2D eigenvalue weighted by Crippen LogP contribution is -1.95. The Balaban J connectivity index is 3.34. The molecule has 0 amide bonds. The molecule has 1 heteroatoms. The molecule has 48 valence electrons. The van der Waals surface area contributed by atoms with E-state index in [2.05, 4.69) is 33.4 Å². The Morgan fingerprint density at radius 1 is 1.12 bits per heavy atom. The molecule has 0 atom stereocenters. The lowest BCUT2D eigenvalue weighted by atomic mass is 10.3. The predicted octanol–water partition coefficient (Wildman–Crippen LogP) is 1.71. The van der Waals surface area contributed by atoms with Crippen molar-refractivity contribution in [1.29, 1.82) is 0 Å². The van der Waals surface area contributed by atoms with Gasteiger partial charge in [-0.05, 0) is 20.6 Å². The summed E-state index contributed by atoms with van der Waals surface area (Å²) in [6, 6.07) is 0. The van der Waals surface area contributed by atoms with Gasteiger partial charge in [-0.15, -0.1) is 5.67 Å². The van der Waals surface area contributed by atoms with E-state index in [4.69, 9.17) is 0 Å². The van der Waals surface area contributed by atoms with Gasteiger partial charge >= 0.3 is 0 Å². The molecule has 0 bridgehead atoms. The van der Waals surface area contributed by atoms with E-state index in [1.807, 2.05) is 0 Å². The highest BCUT2D eigenvalue weighted by molar-refractivity contribution is 6.48. The van der Waals surface area contributed by atoms with Crippen LogP contribution in [0.5, 0.6) is 0 Å². The van der Waals surface area contributed by atoms with Crippen LogP contribution in [-0.2, 0) is 0 Å². The first-order valence-electron chi connectivity index (χ1n) is 3.31. The first kappa shape index (κ1) is 8.09. The molecule has 0 saturated carbocycles. The zero-order chi connectivity index (χ0) is 6.57. The maximum atomic E-state index is 2.45. The molecule has 0 heterocycles. The third-order valence-electron chi connectivity index (χ3n) is 0.881. The van der Waals surface area contributed by atoms with Gasteiger partial charge in [0.05, 0.1) is 0 Å². The molecule has 0 N–H and O–H groups in total.